The zero-order valence-corrected chi connectivity index (χ0v) is 18.8. The molecule has 0 unspecified atom stereocenters. The van der Waals surface area contributed by atoms with Crippen molar-refractivity contribution in [2.45, 2.75) is 44.3 Å². The molecule has 10 heteroatoms. The molecule has 1 aromatic carbocycles. The number of rotatable bonds is 6. The molecule has 6 nitrogen and oxygen atoms in total. The van der Waals surface area contributed by atoms with E-state index in [9.17, 15) is 13.2 Å². The van der Waals surface area contributed by atoms with Crippen LogP contribution in [-0.4, -0.2) is 33.8 Å². The van der Waals surface area contributed by atoms with Crippen LogP contribution in [0.15, 0.2) is 35.6 Å². The standard InChI is InChI=1S/C19H25F3N6.HI/c1-3-23-17(24-11-16-26-13-27-28(16)2)25-12-18(8-5-9-18)14-6-4-7-15(10-14)19(20,21)22;/h4,6-7,10,13H,3,5,8-9,11-12H2,1-2H3,(H2,23,24,25);1H. The van der Waals surface area contributed by atoms with Crippen LogP contribution in [0.2, 0.25) is 0 Å². The third-order valence-electron chi connectivity index (χ3n) is 5.24. The molecule has 0 aliphatic heterocycles. The molecule has 1 fully saturated rings. The van der Waals surface area contributed by atoms with Crippen molar-refractivity contribution < 1.29 is 13.2 Å². The normalized spacial score (nSPS) is 16.0. The second kappa shape index (κ2) is 9.77. The Bertz CT molecular complexity index is 829. The number of nitrogens with zero attached hydrogens (tertiary/aromatic N) is 4. The first kappa shape index (κ1) is 23.4. The van der Waals surface area contributed by atoms with Gasteiger partial charge in [-0.05, 0) is 31.4 Å². The van der Waals surface area contributed by atoms with Crippen LogP contribution in [0.3, 0.4) is 0 Å². The summed E-state index contributed by atoms with van der Waals surface area (Å²) in [5, 5.41) is 10.5. The molecule has 0 bridgehead atoms. The molecule has 1 aliphatic carbocycles. The SMILES string of the molecule is CCNC(=NCc1ncnn1C)NCC1(c2cccc(C(F)(F)F)c2)CCC1.I. The minimum absolute atomic E-state index is 0. The second-order valence-corrected chi connectivity index (χ2v) is 7.06. The highest BCUT2D eigenvalue weighted by Gasteiger charge is 2.40. The van der Waals surface area contributed by atoms with Crippen molar-refractivity contribution in [3.8, 4) is 0 Å². The minimum atomic E-state index is -4.33. The molecular weight excluding hydrogens is 496 g/mol. The number of benzene rings is 1. The largest absolute Gasteiger partial charge is 0.416 e. The molecule has 0 spiro atoms. The number of nitrogens with one attached hydrogen (secondary N) is 2. The lowest BCUT2D eigenvalue weighted by atomic mass is 9.64. The van der Waals surface area contributed by atoms with Crippen LogP contribution in [-0.2, 0) is 25.2 Å². The van der Waals surface area contributed by atoms with Gasteiger partial charge in [0.1, 0.15) is 18.7 Å². The second-order valence-electron chi connectivity index (χ2n) is 7.06. The Morgan fingerprint density at radius 3 is 2.59 bits per heavy atom. The van der Waals surface area contributed by atoms with Crippen molar-refractivity contribution in [1.82, 2.24) is 25.4 Å². The maximum atomic E-state index is 13.1. The predicted octanol–water partition coefficient (Wildman–Crippen LogP) is 3.63. The Hall–Kier alpha value is -1.85. The number of aromatic nitrogens is 3. The highest BCUT2D eigenvalue weighted by Crippen LogP contribution is 2.44. The smallest absolute Gasteiger partial charge is 0.357 e. The van der Waals surface area contributed by atoms with Gasteiger partial charge < -0.3 is 10.6 Å². The highest BCUT2D eigenvalue weighted by molar-refractivity contribution is 14.0. The Labute approximate surface area is 185 Å². The molecule has 1 saturated carbocycles. The number of halogens is 4. The summed E-state index contributed by atoms with van der Waals surface area (Å²) in [7, 11) is 1.80. The number of alkyl halides is 3. The fourth-order valence-electron chi connectivity index (χ4n) is 3.40. The van der Waals surface area contributed by atoms with Crippen LogP contribution in [0, 0.1) is 0 Å². The summed E-state index contributed by atoms with van der Waals surface area (Å²) < 4.78 is 41.0. The molecule has 0 atom stereocenters. The van der Waals surface area contributed by atoms with E-state index in [1.807, 2.05) is 6.92 Å². The van der Waals surface area contributed by atoms with Crippen molar-refractivity contribution in [1.29, 1.82) is 0 Å². The summed E-state index contributed by atoms with van der Waals surface area (Å²) in [4.78, 5) is 8.67. The summed E-state index contributed by atoms with van der Waals surface area (Å²) in [6.07, 6.45) is -0.151. The van der Waals surface area contributed by atoms with Gasteiger partial charge in [0.05, 0.1) is 5.56 Å². The first-order chi connectivity index (χ1) is 13.3. The van der Waals surface area contributed by atoms with Gasteiger partial charge in [0, 0.05) is 25.6 Å². The molecule has 2 aromatic rings. The van der Waals surface area contributed by atoms with Crippen molar-refractivity contribution in [2.75, 3.05) is 13.1 Å². The maximum absolute atomic E-state index is 13.1. The lowest BCUT2D eigenvalue weighted by Crippen LogP contribution is -2.49. The third-order valence-corrected chi connectivity index (χ3v) is 5.24. The van der Waals surface area contributed by atoms with Gasteiger partial charge in [0.25, 0.3) is 0 Å². The Morgan fingerprint density at radius 1 is 1.28 bits per heavy atom. The topological polar surface area (TPSA) is 67.1 Å². The zero-order chi connectivity index (χ0) is 20.2. The van der Waals surface area contributed by atoms with E-state index in [-0.39, 0.29) is 29.4 Å². The Morgan fingerprint density at radius 2 is 2.03 bits per heavy atom. The molecule has 1 aromatic heterocycles. The van der Waals surface area contributed by atoms with Crippen molar-refractivity contribution >= 4 is 29.9 Å². The van der Waals surface area contributed by atoms with E-state index < -0.39 is 11.7 Å². The maximum Gasteiger partial charge on any atom is 0.416 e. The van der Waals surface area contributed by atoms with Gasteiger partial charge in [-0.2, -0.15) is 18.3 Å². The van der Waals surface area contributed by atoms with Crippen LogP contribution in [0.1, 0.15) is 43.1 Å². The monoisotopic (exact) mass is 522 g/mol. The number of guanidine groups is 1. The van der Waals surface area contributed by atoms with E-state index in [0.29, 0.717) is 25.6 Å². The average molecular weight is 522 g/mol. The van der Waals surface area contributed by atoms with Crippen molar-refractivity contribution in [3.05, 3.63) is 47.5 Å². The first-order valence-corrected chi connectivity index (χ1v) is 9.37. The Kier molecular flexibility index (Phi) is 7.89. The lowest BCUT2D eigenvalue weighted by molar-refractivity contribution is -0.137. The molecule has 3 rings (SSSR count). The first-order valence-electron chi connectivity index (χ1n) is 9.37. The molecule has 0 amide bonds. The van der Waals surface area contributed by atoms with Crippen LogP contribution in [0.25, 0.3) is 0 Å². The van der Waals surface area contributed by atoms with Gasteiger partial charge in [-0.15, -0.1) is 24.0 Å². The van der Waals surface area contributed by atoms with E-state index >= 15 is 0 Å². The van der Waals surface area contributed by atoms with Gasteiger partial charge in [-0.25, -0.2) is 9.98 Å². The molecule has 1 aliphatic rings. The molecule has 2 N–H and O–H groups in total. The third kappa shape index (κ3) is 5.61. The fraction of sp³-hybridized carbons (Fsp3) is 0.526. The van der Waals surface area contributed by atoms with Crippen LogP contribution < -0.4 is 10.6 Å². The minimum Gasteiger partial charge on any atom is -0.357 e. The highest BCUT2D eigenvalue weighted by atomic mass is 127. The number of aliphatic imine (C=N–C) groups is 1. The molecule has 1 heterocycles. The van der Waals surface area contributed by atoms with Gasteiger partial charge in [0.2, 0.25) is 0 Å². The van der Waals surface area contributed by atoms with E-state index in [2.05, 4.69) is 25.7 Å². The lowest BCUT2D eigenvalue weighted by Gasteiger charge is -2.43. The molecule has 29 heavy (non-hydrogen) atoms. The quantitative estimate of drug-likeness (QED) is 0.346. The van der Waals surface area contributed by atoms with E-state index in [1.54, 1.807) is 17.8 Å². The zero-order valence-electron chi connectivity index (χ0n) is 16.5. The summed E-state index contributed by atoms with van der Waals surface area (Å²) in [5.41, 5.74) is -0.174. The number of hydrogen-bond acceptors (Lipinski definition) is 3. The summed E-state index contributed by atoms with van der Waals surface area (Å²) in [6, 6.07) is 5.69. The van der Waals surface area contributed by atoms with E-state index in [4.69, 9.17) is 0 Å². The number of aryl methyl sites for hydroxylation is 1. The summed E-state index contributed by atoms with van der Waals surface area (Å²) in [5.74, 6) is 1.34. The van der Waals surface area contributed by atoms with Gasteiger partial charge >= 0.3 is 6.18 Å². The van der Waals surface area contributed by atoms with E-state index in [1.165, 1.54) is 18.5 Å². The van der Waals surface area contributed by atoms with Gasteiger partial charge in [-0.3, -0.25) is 4.68 Å². The fourth-order valence-corrected chi connectivity index (χ4v) is 3.40. The van der Waals surface area contributed by atoms with E-state index in [0.717, 1.165) is 36.7 Å². The Balaban J connectivity index is 0.00000300. The molecule has 0 radical (unpaired) electrons. The summed E-state index contributed by atoms with van der Waals surface area (Å²) in [6.45, 7) is 3.54. The van der Waals surface area contributed by atoms with Crippen LogP contribution in [0.5, 0.6) is 0 Å². The van der Waals surface area contributed by atoms with Crippen LogP contribution >= 0.6 is 24.0 Å². The van der Waals surface area contributed by atoms with Crippen LogP contribution in [0.4, 0.5) is 13.2 Å². The van der Waals surface area contributed by atoms with Gasteiger partial charge in [0.15, 0.2) is 5.96 Å². The number of hydrogen-bond donors (Lipinski definition) is 2. The van der Waals surface area contributed by atoms with Crippen molar-refractivity contribution in [3.63, 3.8) is 0 Å². The predicted molar refractivity (Wildman–Crippen MR) is 116 cm³/mol. The molecular formula is C19H26F3IN6. The van der Waals surface area contributed by atoms with Gasteiger partial charge in [-0.1, -0.05) is 24.6 Å². The average Bonchev–Trinajstić information content (AvgIpc) is 3.03. The molecule has 160 valence electrons. The van der Waals surface area contributed by atoms with Crippen molar-refractivity contribution in [2.24, 2.45) is 12.0 Å². The molecule has 0 saturated heterocycles. The summed E-state index contributed by atoms with van der Waals surface area (Å²) >= 11 is 0.